The molecule has 0 radical (unpaired) electrons. The Morgan fingerprint density at radius 2 is 1.70 bits per heavy atom. The topological polar surface area (TPSA) is 75.2 Å². The van der Waals surface area contributed by atoms with Crippen LogP contribution in [0.2, 0.25) is 0 Å². The molecule has 0 atom stereocenters. The Labute approximate surface area is 135 Å². The standard InChI is InChI=1S/C17H20N4O2/c1-5-21(4)16(23)14-8-6-7-13(10-14)15(22)20-17-18-11(2)9-12(3)19-17/h6-10H,5H2,1-4H3,(H,18,19,20,22). The van der Waals surface area contributed by atoms with Crippen LogP contribution in [0.15, 0.2) is 30.3 Å². The molecule has 1 aromatic heterocycles. The highest BCUT2D eigenvalue weighted by Gasteiger charge is 2.14. The number of hydrogen-bond donors (Lipinski definition) is 1. The Hall–Kier alpha value is -2.76. The maximum atomic E-state index is 12.3. The van der Waals surface area contributed by atoms with Crippen molar-refractivity contribution >= 4 is 17.8 Å². The summed E-state index contributed by atoms with van der Waals surface area (Å²) in [4.78, 5) is 34.5. The van der Waals surface area contributed by atoms with Gasteiger partial charge >= 0.3 is 0 Å². The molecule has 120 valence electrons. The molecule has 1 heterocycles. The largest absolute Gasteiger partial charge is 0.342 e. The van der Waals surface area contributed by atoms with Gasteiger partial charge in [0.1, 0.15) is 0 Å². The Bertz CT molecular complexity index is 723. The van der Waals surface area contributed by atoms with Crippen molar-refractivity contribution in [3.63, 3.8) is 0 Å². The molecule has 0 saturated heterocycles. The minimum absolute atomic E-state index is 0.121. The molecule has 0 fully saturated rings. The van der Waals surface area contributed by atoms with E-state index >= 15 is 0 Å². The van der Waals surface area contributed by atoms with Gasteiger partial charge in [-0.25, -0.2) is 9.97 Å². The van der Waals surface area contributed by atoms with Gasteiger partial charge in [-0.1, -0.05) is 6.07 Å². The van der Waals surface area contributed by atoms with Crippen molar-refractivity contribution in [1.29, 1.82) is 0 Å². The van der Waals surface area contributed by atoms with Crippen molar-refractivity contribution in [2.75, 3.05) is 18.9 Å². The summed E-state index contributed by atoms with van der Waals surface area (Å²) in [7, 11) is 1.72. The average Bonchev–Trinajstić information content (AvgIpc) is 2.52. The van der Waals surface area contributed by atoms with Crippen molar-refractivity contribution in [3.05, 3.63) is 52.8 Å². The highest BCUT2D eigenvalue weighted by molar-refractivity contribution is 6.05. The highest BCUT2D eigenvalue weighted by atomic mass is 16.2. The predicted molar refractivity (Wildman–Crippen MR) is 88.5 cm³/mol. The molecule has 0 spiro atoms. The zero-order valence-electron chi connectivity index (χ0n) is 13.8. The minimum atomic E-state index is -0.344. The van der Waals surface area contributed by atoms with Gasteiger partial charge in [-0.3, -0.25) is 14.9 Å². The van der Waals surface area contributed by atoms with Gasteiger partial charge in [-0.15, -0.1) is 0 Å². The predicted octanol–water partition coefficient (Wildman–Crippen LogP) is 2.44. The third-order valence-electron chi connectivity index (χ3n) is 3.40. The second-order valence-electron chi connectivity index (χ2n) is 5.33. The number of aromatic nitrogens is 2. The molecule has 0 saturated carbocycles. The van der Waals surface area contributed by atoms with Crippen LogP contribution in [0.4, 0.5) is 5.95 Å². The van der Waals surface area contributed by atoms with Crippen molar-refractivity contribution in [3.8, 4) is 0 Å². The van der Waals surface area contributed by atoms with Crippen LogP contribution in [0.5, 0.6) is 0 Å². The summed E-state index contributed by atoms with van der Waals surface area (Å²) in [5, 5.41) is 2.66. The first-order valence-corrected chi connectivity index (χ1v) is 7.40. The SMILES string of the molecule is CCN(C)C(=O)c1cccc(C(=O)Nc2nc(C)cc(C)n2)c1. The van der Waals surface area contributed by atoms with Crippen molar-refractivity contribution in [1.82, 2.24) is 14.9 Å². The lowest BCUT2D eigenvalue weighted by Crippen LogP contribution is -2.26. The van der Waals surface area contributed by atoms with Crippen LogP contribution in [0.1, 0.15) is 39.0 Å². The summed E-state index contributed by atoms with van der Waals surface area (Å²) in [6, 6.07) is 8.44. The van der Waals surface area contributed by atoms with E-state index < -0.39 is 0 Å². The van der Waals surface area contributed by atoms with Crippen LogP contribution in [-0.2, 0) is 0 Å². The quantitative estimate of drug-likeness (QED) is 0.941. The Morgan fingerprint density at radius 1 is 1.09 bits per heavy atom. The maximum absolute atomic E-state index is 12.3. The normalized spacial score (nSPS) is 10.3. The van der Waals surface area contributed by atoms with E-state index in [1.54, 1.807) is 36.2 Å². The molecule has 1 N–H and O–H groups in total. The Balaban J connectivity index is 2.21. The third kappa shape index (κ3) is 4.12. The van der Waals surface area contributed by atoms with Crippen molar-refractivity contribution in [2.24, 2.45) is 0 Å². The summed E-state index contributed by atoms with van der Waals surface area (Å²) in [6.45, 7) is 6.17. The van der Waals surface area contributed by atoms with Crippen LogP contribution in [0.3, 0.4) is 0 Å². The summed E-state index contributed by atoms with van der Waals surface area (Å²) < 4.78 is 0. The average molecular weight is 312 g/mol. The molecular weight excluding hydrogens is 292 g/mol. The Kier molecular flexibility index (Phi) is 5.05. The molecule has 2 amide bonds. The molecular formula is C17H20N4O2. The summed E-state index contributed by atoms with van der Waals surface area (Å²) in [5.41, 5.74) is 2.43. The number of hydrogen-bond acceptors (Lipinski definition) is 4. The van der Waals surface area contributed by atoms with Crippen LogP contribution in [-0.4, -0.2) is 40.3 Å². The van der Waals surface area contributed by atoms with Gasteiger partial charge in [0, 0.05) is 36.1 Å². The molecule has 6 heteroatoms. The van der Waals surface area contributed by atoms with Crippen molar-refractivity contribution in [2.45, 2.75) is 20.8 Å². The molecule has 1 aromatic carbocycles. The minimum Gasteiger partial charge on any atom is -0.342 e. The fraction of sp³-hybridized carbons (Fsp3) is 0.294. The van der Waals surface area contributed by atoms with E-state index in [2.05, 4.69) is 15.3 Å². The first-order chi connectivity index (χ1) is 10.9. The summed E-state index contributed by atoms with van der Waals surface area (Å²) in [5.74, 6) is -0.205. The molecule has 23 heavy (non-hydrogen) atoms. The molecule has 0 unspecified atom stereocenters. The van der Waals surface area contributed by atoms with Crippen LogP contribution in [0.25, 0.3) is 0 Å². The number of benzene rings is 1. The van der Waals surface area contributed by atoms with E-state index in [0.717, 1.165) is 11.4 Å². The lowest BCUT2D eigenvalue weighted by atomic mass is 10.1. The lowest BCUT2D eigenvalue weighted by Gasteiger charge is -2.14. The lowest BCUT2D eigenvalue weighted by molar-refractivity contribution is 0.0802. The number of carbonyl (C=O) groups is 2. The number of nitrogens with one attached hydrogen (secondary N) is 1. The van der Waals surface area contributed by atoms with E-state index in [-0.39, 0.29) is 17.8 Å². The summed E-state index contributed by atoms with van der Waals surface area (Å²) >= 11 is 0. The monoisotopic (exact) mass is 312 g/mol. The molecule has 6 nitrogen and oxygen atoms in total. The molecule has 0 aliphatic rings. The van der Waals surface area contributed by atoms with E-state index in [1.807, 2.05) is 26.8 Å². The zero-order chi connectivity index (χ0) is 17.0. The van der Waals surface area contributed by atoms with Gasteiger partial charge in [0.2, 0.25) is 5.95 Å². The van der Waals surface area contributed by atoms with E-state index in [1.165, 1.54) is 0 Å². The third-order valence-corrected chi connectivity index (χ3v) is 3.40. The van der Waals surface area contributed by atoms with E-state index in [4.69, 9.17) is 0 Å². The first-order valence-electron chi connectivity index (χ1n) is 7.40. The second-order valence-corrected chi connectivity index (χ2v) is 5.33. The maximum Gasteiger partial charge on any atom is 0.258 e. The summed E-state index contributed by atoms with van der Waals surface area (Å²) in [6.07, 6.45) is 0. The van der Waals surface area contributed by atoms with E-state index in [9.17, 15) is 9.59 Å². The highest BCUT2D eigenvalue weighted by Crippen LogP contribution is 2.11. The van der Waals surface area contributed by atoms with Gasteiger partial charge < -0.3 is 4.90 Å². The van der Waals surface area contributed by atoms with Crippen LogP contribution >= 0.6 is 0 Å². The van der Waals surface area contributed by atoms with Crippen LogP contribution < -0.4 is 5.32 Å². The molecule has 0 aliphatic carbocycles. The Morgan fingerprint density at radius 3 is 2.30 bits per heavy atom. The fourth-order valence-corrected chi connectivity index (χ4v) is 2.11. The fourth-order valence-electron chi connectivity index (χ4n) is 2.11. The van der Waals surface area contributed by atoms with Gasteiger partial charge in [0.05, 0.1) is 0 Å². The number of nitrogens with zero attached hydrogens (tertiary/aromatic N) is 3. The van der Waals surface area contributed by atoms with Gasteiger partial charge in [0.15, 0.2) is 0 Å². The number of amides is 2. The first kappa shape index (κ1) is 16.6. The zero-order valence-corrected chi connectivity index (χ0v) is 13.8. The van der Waals surface area contributed by atoms with E-state index in [0.29, 0.717) is 17.7 Å². The number of rotatable bonds is 4. The number of anilines is 1. The smallest absolute Gasteiger partial charge is 0.258 e. The van der Waals surface area contributed by atoms with Gasteiger partial charge in [-0.05, 0) is 45.0 Å². The molecule has 0 aliphatic heterocycles. The molecule has 2 aromatic rings. The second kappa shape index (κ2) is 7.00. The van der Waals surface area contributed by atoms with Crippen LogP contribution in [0, 0.1) is 13.8 Å². The number of carbonyl (C=O) groups excluding carboxylic acids is 2. The molecule has 2 rings (SSSR count). The van der Waals surface area contributed by atoms with Gasteiger partial charge in [0.25, 0.3) is 11.8 Å². The number of aryl methyl sites for hydroxylation is 2. The van der Waals surface area contributed by atoms with Gasteiger partial charge in [-0.2, -0.15) is 0 Å². The molecule has 0 bridgehead atoms. The van der Waals surface area contributed by atoms with Crippen molar-refractivity contribution < 1.29 is 9.59 Å².